The second-order valence-electron chi connectivity index (χ2n) is 8.44. The number of ether oxygens (including phenoxy) is 3. The second-order valence-corrected chi connectivity index (χ2v) is 8.44. The minimum atomic E-state index is -0.413. The van der Waals surface area contributed by atoms with Crippen molar-refractivity contribution < 1.29 is 29.3 Å². The minimum absolute atomic E-state index is 0.0483. The van der Waals surface area contributed by atoms with Crippen molar-refractivity contribution in [2.75, 3.05) is 27.9 Å². The van der Waals surface area contributed by atoms with Crippen LogP contribution in [0.15, 0.2) is 48.5 Å². The molecular weight excluding hydrogens is 452 g/mol. The van der Waals surface area contributed by atoms with Gasteiger partial charge >= 0.3 is 0 Å². The summed E-state index contributed by atoms with van der Waals surface area (Å²) in [6.45, 7) is 1.28. The SMILES string of the molecule is COc1cc(C[C@H]2c3cc(O)c(O)cc3CCN2Cc2ccc([N+](=O)[O-])cc2)cc(OC)c1OC. The number of benzene rings is 3. The van der Waals surface area contributed by atoms with Gasteiger partial charge in [-0.3, -0.25) is 15.0 Å². The summed E-state index contributed by atoms with van der Waals surface area (Å²) in [7, 11) is 4.69. The van der Waals surface area contributed by atoms with Gasteiger partial charge in [-0.25, -0.2) is 0 Å². The molecule has 1 heterocycles. The molecule has 0 fully saturated rings. The Morgan fingerprint density at radius 2 is 1.57 bits per heavy atom. The third-order valence-electron chi connectivity index (χ3n) is 6.39. The molecule has 2 N–H and O–H groups in total. The zero-order valence-corrected chi connectivity index (χ0v) is 19.9. The molecule has 0 spiro atoms. The van der Waals surface area contributed by atoms with Crippen molar-refractivity contribution in [3.8, 4) is 28.7 Å². The molecule has 0 amide bonds. The zero-order chi connectivity index (χ0) is 25.1. The number of phenolic OH excluding ortho intramolecular Hbond substituents is 2. The molecule has 0 bridgehead atoms. The maximum Gasteiger partial charge on any atom is 0.269 e. The lowest BCUT2D eigenvalue weighted by atomic mass is 9.87. The van der Waals surface area contributed by atoms with Gasteiger partial charge in [-0.05, 0) is 59.4 Å². The van der Waals surface area contributed by atoms with Crippen LogP contribution >= 0.6 is 0 Å². The molecule has 4 rings (SSSR count). The quantitative estimate of drug-likeness (QED) is 0.277. The second kappa shape index (κ2) is 10.1. The first kappa shape index (κ1) is 24.2. The van der Waals surface area contributed by atoms with E-state index in [4.69, 9.17) is 14.2 Å². The van der Waals surface area contributed by atoms with Crippen LogP contribution in [0.4, 0.5) is 5.69 Å². The molecule has 0 aromatic heterocycles. The Morgan fingerprint density at radius 1 is 0.943 bits per heavy atom. The molecule has 0 unspecified atom stereocenters. The summed E-state index contributed by atoms with van der Waals surface area (Å²) < 4.78 is 16.5. The highest BCUT2D eigenvalue weighted by atomic mass is 16.6. The standard InChI is InChI=1S/C26H28N2O7/c1-33-24-11-17(12-25(34-2)26(24)35-3)10-21-20-14-23(30)22(29)13-18(20)8-9-27(21)15-16-4-6-19(7-5-16)28(31)32/h4-7,11-14,21,29-30H,8-10,15H2,1-3H3/t21-/m0/s1. The van der Waals surface area contributed by atoms with Crippen LogP contribution in [0, 0.1) is 10.1 Å². The summed E-state index contributed by atoms with van der Waals surface area (Å²) >= 11 is 0. The number of rotatable bonds is 8. The molecule has 1 aliphatic rings. The Kier molecular flexibility index (Phi) is 6.97. The van der Waals surface area contributed by atoms with E-state index < -0.39 is 4.92 Å². The van der Waals surface area contributed by atoms with Crippen LogP contribution < -0.4 is 14.2 Å². The van der Waals surface area contributed by atoms with Crippen molar-refractivity contribution in [3.05, 3.63) is 80.9 Å². The monoisotopic (exact) mass is 480 g/mol. The molecule has 9 heteroatoms. The molecule has 3 aromatic rings. The van der Waals surface area contributed by atoms with Crippen LogP contribution in [-0.2, 0) is 19.4 Å². The number of phenols is 2. The van der Waals surface area contributed by atoms with Gasteiger partial charge in [0, 0.05) is 31.3 Å². The Bertz CT molecular complexity index is 1200. The normalized spacial score (nSPS) is 15.3. The number of hydrogen-bond donors (Lipinski definition) is 2. The molecule has 3 aromatic carbocycles. The number of nitro groups is 1. The fraction of sp³-hybridized carbons (Fsp3) is 0.308. The number of nitro benzene ring substituents is 1. The first-order valence-electron chi connectivity index (χ1n) is 11.2. The van der Waals surface area contributed by atoms with Crippen molar-refractivity contribution in [1.29, 1.82) is 0 Å². The average Bonchev–Trinajstić information content (AvgIpc) is 2.86. The topological polar surface area (TPSA) is 115 Å². The zero-order valence-electron chi connectivity index (χ0n) is 19.9. The Morgan fingerprint density at radius 3 is 2.14 bits per heavy atom. The van der Waals surface area contributed by atoms with Gasteiger partial charge in [0.15, 0.2) is 23.0 Å². The van der Waals surface area contributed by atoms with Crippen molar-refractivity contribution in [2.45, 2.75) is 25.4 Å². The van der Waals surface area contributed by atoms with Crippen molar-refractivity contribution >= 4 is 5.69 Å². The molecule has 1 aliphatic heterocycles. The lowest BCUT2D eigenvalue weighted by molar-refractivity contribution is -0.384. The number of non-ortho nitro benzene ring substituents is 1. The highest BCUT2D eigenvalue weighted by Crippen LogP contribution is 2.42. The average molecular weight is 481 g/mol. The number of methoxy groups -OCH3 is 3. The van der Waals surface area contributed by atoms with Crippen molar-refractivity contribution in [2.24, 2.45) is 0 Å². The first-order chi connectivity index (χ1) is 16.8. The molecule has 0 saturated carbocycles. The lowest BCUT2D eigenvalue weighted by Crippen LogP contribution is -2.36. The summed E-state index contributed by atoms with van der Waals surface area (Å²) in [6.07, 6.45) is 1.27. The smallest absolute Gasteiger partial charge is 0.269 e. The van der Waals surface area contributed by atoms with Gasteiger partial charge < -0.3 is 24.4 Å². The van der Waals surface area contributed by atoms with E-state index in [2.05, 4.69) is 4.90 Å². The van der Waals surface area contributed by atoms with Crippen molar-refractivity contribution in [1.82, 2.24) is 4.90 Å². The minimum Gasteiger partial charge on any atom is -0.504 e. The van der Waals surface area contributed by atoms with Crippen molar-refractivity contribution in [3.63, 3.8) is 0 Å². The number of nitrogens with zero attached hydrogens (tertiary/aromatic N) is 2. The molecule has 184 valence electrons. The van der Waals surface area contributed by atoms with Crippen LogP contribution in [0.25, 0.3) is 0 Å². The number of aromatic hydroxyl groups is 2. The van der Waals surface area contributed by atoms with E-state index in [9.17, 15) is 20.3 Å². The van der Waals surface area contributed by atoms with Gasteiger partial charge in [0.25, 0.3) is 5.69 Å². The highest BCUT2D eigenvalue weighted by molar-refractivity contribution is 5.54. The fourth-order valence-corrected chi connectivity index (χ4v) is 4.64. The van der Waals surface area contributed by atoms with E-state index in [1.54, 1.807) is 45.6 Å². The predicted molar refractivity (Wildman–Crippen MR) is 130 cm³/mol. The maximum absolute atomic E-state index is 11.0. The molecular formula is C26H28N2O7. The summed E-state index contributed by atoms with van der Waals surface area (Å²) in [5, 5.41) is 31.3. The molecule has 0 aliphatic carbocycles. The molecule has 0 radical (unpaired) electrons. The summed E-state index contributed by atoms with van der Waals surface area (Å²) in [4.78, 5) is 12.9. The largest absolute Gasteiger partial charge is 0.504 e. The van der Waals surface area contributed by atoms with Gasteiger partial charge in [-0.2, -0.15) is 0 Å². The third-order valence-corrected chi connectivity index (χ3v) is 6.39. The van der Waals surface area contributed by atoms with Crippen LogP contribution in [0.5, 0.6) is 28.7 Å². The van der Waals surface area contributed by atoms with Gasteiger partial charge in [-0.1, -0.05) is 12.1 Å². The first-order valence-corrected chi connectivity index (χ1v) is 11.2. The van der Waals surface area contributed by atoms with Gasteiger partial charge in [0.1, 0.15) is 0 Å². The van der Waals surface area contributed by atoms with Crippen LogP contribution in [-0.4, -0.2) is 47.9 Å². The Balaban J connectivity index is 1.72. The highest BCUT2D eigenvalue weighted by Gasteiger charge is 2.30. The third kappa shape index (κ3) is 4.95. The van der Waals surface area contributed by atoms with Crippen LogP contribution in [0.1, 0.15) is 28.3 Å². The molecule has 0 saturated heterocycles. The van der Waals surface area contributed by atoms with E-state index >= 15 is 0 Å². The van der Waals surface area contributed by atoms with Gasteiger partial charge in [0.05, 0.1) is 26.3 Å². The summed E-state index contributed by atoms with van der Waals surface area (Å²) in [6, 6.07) is 13.4. The maximum atomic E-state index is 11.0. The number of fused-ring (bicyclic) bond motifs is 1. The molecule has 9 nitrogen and oxygen atoms in total. The van der Waals surface area contributed by atoms with E-state index in [-0.39, 0.29) is 23.2 Å². The Hall–Kier alpha value is -3.98. The number of hydrogen-bond acceptors (Lipinski definition) is 8. The Labute approximate surface area is 203 Å². The summed E-state index contributed by atoms with van der Waals surface area (Å²) in [5.41, 5.74) is 3.82. The van der Waals surface area contributed by atoms with Gasteiger partial charge in [0.2, 0.25) is 5.75 Å². The van der Waals surface area contributed by atoms with E-state index in [0.717, 1.165) is 22.3 Å². The molecule has 35 heavy (non-hydrogen) atoms. The van der Waals surface area contributed by atoms with E-state index in [1.165, 1.54) is 12.1 Å². The lowest BCUT2D eigenvalue weighted by Gasteiger charge is -2.38. The van der Waals surface area contributed by atoms with Crippen LogP contribution in [0.2, 0.25) is 0 Å². The molecule has 1 atom stereocenters. The predicted octanol–water partition coefficient (Wildman–Crippen LogP) is 4.37. The van der Waals surface area contributed by atoms with E-state index in [1.807, 2.05) is 12.1 Å². The van der Waals surface area contributed by atoms with Crippen LogP contribution in [0.3, 0.4) is 0 Å². The van der Waals surface area contributed by atoms with E-state index in [0.29, 0.717) is 43.2 Å². The fourth-order valence-electron chi connectivity index (χ4n) is 4.64. The summed E-state index contributed by atoms with van der Waals surface area (Å²) in [5.74, 6) is 1.30. The van der Waals surface area contributed by atoms with Gasteiger partial charge in [-0.15, -0.1) is 0 Å².